The molecule has 0 bridgehead atoms. The molecular formula is C29H38N6O3. The maximum atomic E-state index is 13.3. The van der Waals surface area contributed by atoms with Gasteiger partial charge in [-0.2, -0.15) is 0 Å². The highest BCUT2D eigenvalue weighted by Gasteiger charge is 2.34. The molecule has 0 radical (unpaired) electrons. The topological polar surface area (TPSA) is 90.9 Å². The highest BCUT2D eigenvalue weighted by Crippen LogP contribution is 2.36. The number of ether oxygens (including phenoxy) is 1. The van der Waals surface area contributed by atoms with Gasteiger partial charge in [0, 0.05) is 50.5 Å². The SMILES string of the molecule is COc1ccc2c(c1)CCN(C1CCN(c3cc(C(=O)N4CC[C@@H]5CCCC[C@@H]5C4)ncn3)CC1)C(=O)N2. The van der Waals surface area contributed by atoms with Crippen LogP contribution in [0.25, 0.3) is 0 Å². The minimum atomic E-state index is -0.0379. The second-order valence-electron chi connectivity index (χ2n) is 11.2. The van der Waals surface area contributed by atoms with Gasteiger partial charge in [0.1, 0.15) is 23.6 Å². The molecule has 1 N–H and O–H groups in total. The van der Waals surface area contributed by atoms with Crippen molar-refractivity contribution in [3.05, 3.63) is 41.9 Å². The lowest BCUT2D eigenvalue weighted by molar-refractivity contribution is 0.0515. The number of anilines is 2. The molecule has 0 unspecified atom stereocenters. The summed E-state index contributed by atoms with van der Waals surface area (Å²) in [6.45, 7) is 3.95. The Kier molecular flexibility index (Phi) is 7.08. The molecule has 4 aliphatic rings. The Bertz CT molecular complexity index is 1180. The van der Waals surface area contributed by atoms with E-state index in [0.29, 0.717) is 18.2 Å². The number of rotatable bonds is 4. The molecule has 1 aromatic carbocycles. The van der Waals surface area contributed by atoms with Gasteiger partial charge in [-0.1, -0.05) is 19.3 Å². The molecule has 9 heteroatoms. The fourth-order valence-electron chi connectivity index (χ4n) is 6.89. The summed E-state index contributed by atoms with van der Waals surface area (Å²) in [6.07, 6.45) is 10.3. The van der Waals surface area contributed by atoms with Crippen LogP contribution in [0.3, 0.4) is 0 Å². The molecule has 4 heterocycles. The van der Waals surface area contributed by atoms with Crippen LogP contribution in [0.1, 0.15) is 61.0 Å². The molecular weight excluding hydrogens is 480 g/mol. The third kappa shape index (κ3) is 5.02. The average molecular weight is 519 g/mol. The number of carbonyl (C=O) groups is 2. The number of benzene rings is 1. The first-order chi connectivity index (χ1) is 18.6. The van der Waals surface area contributed by atoms with Crippen molar-refractivity contribution in [2.75, 3.05) is 50.1 Å². The number of likely N-dealkylation sites (tertiary alicyclic amines) is 1. The Labute approximate surface area is 224 Å². The number of hydrogen-bond donors (Lipinski definition) is 1. The Morgan fingerprint density at radius 1 is 0.974 bits per heavy atom. The number of methoxy groups -OCH3 is 1. The first-order valence-electron chi connectivity index (χ1n) is 14.2. The zero-order chi connectivity index (χ0) is 26.1. The summed E-state index contributed by atoms with van der Waals surface area (Å²) in [5.41, 5.74) is 2.46. The Balaban J connectivity index is 1.07. The van der Waals surface area contributed by atoms with Crippen molar-refractivity contribution in [3.8, 4) is 5.75 Å². The van der Waals surface area contributed by atoms with Gasteiger partial charge in [-0.3, -0.25) is 4.79 Å². The number of amides is 3. The number of hydrogen-bond acceptors (Lipinski definition) is 6. The van der Waals surface area contributed by atoms with Gasteiger partial charge < -0.3 is 24.8 Å². The molecule has 1 aliphatic carbocycles. The van der Waals surface area contributed by atoms with Crippen molar-refractivity contribution < 1.29 is 14.3 Å². The van der Waals surface area contributed by atoms with E-state index >= 15 is 0 Å². The highest BCUT2D eigenvalue weighted by molar-refractivity contribution is 5.93. The van der Waals surface area contributed by atoms with E-state index in [0.717, 1.165) is 80.6 Å². The molecule has 2 saturated heterocycles. The minimum Gasteiger partial charge on any atom is -0.497 e. The molecule has 0 spiro atoms. The predicted octanol–water partition coefficient (Wildman–Crippen LogP) is 4.20. The lowest BCUT2D eigenvalue weighted by atomic mass is 9.75. The van der Waals surface area contributed by atoms with Crippen LogP contribution in [-0.2, 0) is 6.42 Å². The van der Waals surface area contributed by atoms with Crippen LogP contribution in [0.2, 0.25) is 0 Å². The van der Waals surface area contributed by atoms with Crippen LogP contribution in [-0.4, -0.2) is 77.6 Å². The second kappa shape index (κ2) is 10.8. The quantitative estimate of drug-likeness (QED) is 0.653. The number of carbonyl (C=O) groups excluding carboxylic acids is 2. The summed E-state index contributed by atoms with van der Waals surface area (Å²) >= 11 is 0. The van der Waals surface area contributed by atoms with Gasteiger partial charge in [-0.15, -0.1) is 0 Å². The fourth-order valence-corrected chi connectivity index (χ4v) is 6.89. The monoisotopic (exact) mass is 518 g/mol. The summed E-state index contributed by atoms with van der Waals surface area (Å²) < 4.78 is 5.36. The van der Waals surface area contributed by atoms with E-state index in [4.69, 9.17) is 4.74 Å². The van der Waals surface area contributed by atoms with Crippen molar-refractivity contribution in [2.24, 2.45) is 11.8 Å². The maximum Gasteiger partial charge on any atom is 0.322 e. The van der Waals surface area contributed by atoms with Gasteiger partial charge in [0.15, 0.2) is 0 Å². The smallest absolute Gasteiger partial charge is 0.322 e. The van der Waals surface area contributed by atoms with Gasteiger partial charge in [-0.25, -0.2) is 14.8 Å². The third-order valence-corrected chi connectivity index (χ3v) is 9.12. The van der Waals surface area contributed by atoms with E-state index in [1.165, 1.54) is 32.0 Å². The number of fused-ring (bicyclic) bond motifs is 2. The Morgan fingerprint density at radius 2 is 1.79 bits per heavy atom. The van der Waals surface area contributed by atoms with Gasteiger partial charge in [0.25, 0.3) is 5.91 Å². The van der Waals surface area contributed by atoms with Crippen LogP contribution in [0.15, 0.2) is 30.6 Å². The lowest BCUT2D eigenvalue weighted by Gasteiger charge is -2.41. The number of urea groups is 1. The lowest BCUT2D eigenvalue weighted by Crippen LogP contribution is -2.49. The Hall–Kier alpha value is -3.36. The maximum absolute atomic E-state index is 13.3. The molecule has 3 amide bonds. The van der Waals surface area contributed by atoms with E-state index in [9.17, 15) is 9.59 Å². The summed E-state index contributed by atoms with van der Waals surface area (Å²) in [7, 11) is 1.66. The number of aromatic nitrogens is 2. The zero-order valence-electron chi connectivity index (χ0n) is 22.3. The number of nitrogens with zero attached hydrogens (tertiary/aromatic N) is 5. The third-order valence-electron chi connectivity index (χ3n) is 9.12. The molecule has 6 rings (SSSR count). The average Bonchev–Trinajstić information content (AvgIpc) is 3.14. The summed E-state index contributed by atoms with van der Waals surface area (Å²) in [5, 5.41) is 3.09. The van der Waals surface area contributed by atoms with Gasteiger partial charge in [-0.05, 0) is 67.7 Å². The van der Waals surface area contributed by atoms with Crippen molar-refractivity contribution in [3.63, 3.8) is 0 Å². The molecule has 38 heavy (non-hydrogen) atoms. The van der Waals surface area contributed by atoms with Crippen LogP contribution in [0.4, 0.5) is 16.3 Å². The molecule has 2 aromatic rings. The molecule has 1 aromatic heterocycles. The van der Waals surface area contributed by atoms with E-state index in [2.05, 4.69) is 20.2 Å². The zero-order valence-corrected chi connectivity index (χ0v) is 22.3. The molecule has 3 aliphatic heterocycles. The van der Waals surface area contributed by atoms with E-state index in [1.54, 1.807) is 7.11 Å². The minimum absolute atomic E-state index is 0.0324. The predicted molar refractivity (Wildman–Crippen MR) is 146 cm³/mol. The van der Waals surface area contributed by atoms with Crippen LogP contribution in [0.5, 0.6) is 5.75 Å². The van der Waals surface area contributed by atoms with Crippen molar-refractivity contribution in [2.45, 2.75) is 57.4 Å². The van der Waals surface area contributed by atoms with Gasteiger partial charge in [0.05, 0.1) is 7.11 Å². The van der Waals surface area contributed by atoms with E-state index in [1.807, 2.05) is 34.1 Å². The fraction of sp³-hybridized carbons (Fsp3) is 0.586. The first kappa shape index (κ1) is 24.9. The second-order valence-corrected chi connectivity index (χ2v) is 11.2. The molecule has 2 atom stereocenters. The standard InChI is InChI=1S/C29H38N6O3/c1-38-24-6-7-25-21(16-24)9-15-35(29(37)32-25)23-10-13-33(14-11-23)27-17-26(30-19-31-27)28(36)34-12-8-20-4-2-3-5-22(20)18-34/h6-7,16-17,19-20,22-23H,2-5,8-15,18H2,1H3,(H,32,37)/t20-,22+/m0/s1. The Morgan fingerprint density at radius 3 is 2.61 bits per heavy atom. The van der Waals surface area contributed by atoms with Crippen molar-refractivity contribution in [1.29, 1.82) is 0 Å². The van der Waals surface area contributed by atoms with Gasteiger partial charge >= 0.3 is 6.03 Å². The normalized spacial score (nSPS) is 24.2. The van der Waals surface area contributed by atoms with Crippen LogP contribution in [0, 0.1) is 11.8 Å². The van der Waals surface area contributed by atoms with Gasteiger partial charge in [0.2, 0.25) is 0 Å². The molecule has 9 nitrogen and oxygen atoms in total. The summed E-state index contributed by atoms with van der Waals surface area (Å²) in [5.74, 6) is 3.08. The molecule has 202 valence electrons. The van der Waals surface area contributed by atoms with Crippen molar-refractivity contribution in [1.82, 2.24) is 19.8 Å². The number of nitrogens with one attached hydrogen (secondary N) is 1. The largest absolute Gasteiger partial charge is 0.497 e. The van der Waals surface area contributed by atoms with E-state index in [-0.39, 0.29) is 18.0 Å². The van der Waals surface area contributed by atoms with Crippen LogP contribution >= 0.6 is 0 Å². The summed E-state index contributed by atoms with van der Waals surface area (Å²) in [6, 6.07) is 7.80. The first-order valence-corrected chi connectivity index (χ1v) is 14.2. The van der Waals surface area contributed by atoms with Crippen LogP contribution < -0.4 is 15.0 Å². The number of piperidine rings is 2. The van der Waals surface area contributed by atoms with E-state index < -0.39 is 0 Å². The molecule has 3 fully saturated rings. The molecule has 1 saturated carbocycles. The van der Waals surface area contributed by atoms with Crippen molar-refractivity contribution >= 4 is 23.4 Å². The highest BCUT2D eigenvalue weighted by atomic mass is 16.5. The summed E-state index contributed by atoms with van der Waals surface area (Å²) in [4.78, 5) is 41.4.